The van der Waals surface area contributed by atoms with Gasteiger partial charge in [-0.2, -0.15) is 0 Å². The van der Waals surface area contributed by atoms with Gasteiger partial charge in [0.05, 0.1) is 0 Å². The second-order valence-electron chi connectivity index (χ2n) is 5.41. The Morgan fingerprint density at radius 3 is 2.60 bits per heavy atom. The third kappa shape index (κ3) is 1.95. The van der Waals surface area contributed by atoms with Crippen LogP contribution in [0.25, 0.3) is 0 Å². The minimum atomic E-state index is 0.991. The Balaban J connectivity index is 1.90. The molecule has 0 heteroatoms. The summed E-state index contributed by atoms with van der Waals surface area (Å²) in [6.07, 6.45) is 10.1. The van der Waals surface area contributed by atoms with E-state index in [0.717, 1.165) is 11.8 Å². The molecule has 0 radical (unpaired) electrons. The van der Waals surface area contributed by atoms with Crippen LogP contribution in [0.15, 0.2) is 24.3 Å². The summed E-state index contributed by atoms with van der Waals surface area (Å²) < 4.78 is 0. The molecule has 80 valence electrons. The molecule has 2 atom stereocenters. The highest BCUT2D eigenvalue weighted by Gasteiger charge is 2.24. The fourth-order valence-electron chi connectivity index (χ4n) is 3.52. The highest BCUT2D eigenvalue weighted by molar-refractivity contribution is 5.28. The molecular weight excluding hydrogens is 180 g/mol. The highest BCUT2D eigenvalue weighted by Crippen LogP contribution is 2.36. The molecule has 2 aliphatic carbocycles. The molecule has 2 bridgehead atoms. The number of aryl methyl sites for hydroxylation is 1. The molecule has 1 aromatic rings. The van der Waals surface area contributed by atoms with Crippen molar-refractivity contribution in [1.29, 1.82) is 0 Å². The van der Waals surface area contributed by atoms with Gasteiger partial charge >= 0.3 is 0 Å². The standard InChI is InChI=1S/C15H20/c1-2-7-15-11-13-5-3-4-12(10-13)8-9-14(15)6-1/h1-2,6-7,12-13H,3-5,8-11H2. The van der Waals surface area contributed by atoms with Gasteiger partial charge in [0, 0.05) is 0 Å². The number of benzene rings is 1. The first-order valence-corrected chi connectivity index (χ1v) is 6.48. The predicted octanol–water partition coefficient (Wildman–Crippen LogP) is 3.98. The molecular formula is C15H20. The van der Waals surface area contributed by atoms with E-state index in [-0.39, 0.29) is 0 Å². The third-order valence-corrected chi connectivity index (χ3v) is 4.34. The summed E-state index contributed by atoms with van der Waals surface area (Å²) >= 11 is 0. The van der Waals surface area contributed by atoms with Gasteiger partial charge in [0.25, 0.3) is 0 Å². The van der Waals surface area contributed by atoms with Crippen molar-refractivity contribution in [1.82, 2.24) is 0 Å². The van der Waals surface area contributed by atoms with Gasteiger partial charge in [-0.15, -0.1) is 0 Å². The van der Waals surface area contributed by atoms with E-state index in [9.17, 15) is 0 Å². The second-order valence-corrected chi connectivity index (χ2v) is 5.41. The lowest BCUT2D eigenvalue weighted by atomic mass is 9.74. The normalized spacial score (nSPS) is 30.1. The molecule has 0 saturated heterocycles. The molecule has 2 aliphatic rings. The van der Waals surface area contributed by atoms with Crippen LogP contribution < -0.4 is 0 Å². The maximum Gasteiger partial charge on any atom is -0.0248 e. The summed E-state index contributed by atoms with van der Waals surface area (Å²) in [5, 5.41) is 0. The number of hydrogen-bond acceptors (Lipinski definition) is 0. The fraction of sp³-hybridized carbons (Fsp3) is 0.600. The van der Waals surface area contributed by atoms with E-state index >= 15 is 0 Å². The number of hydrogen-bond donors (Lipinski definition) is 0. The number of rotatable bonds is 0. The lowest BCUT2D eigenvalue weighted by molar-refractivity contribution is 0.247. The Hall–Kier alpha value is -0.780. The van der Waals surface area contributed by atoms with Crippen molar-refractivity contribution in [2.24, 2.45) is 11.8 Å². The van der Waals surface area contributed by atoms with Gasteiger partial charge in [-0.25, -0.2) is 0 Å². The van der Waals surface area contributed by atoms with Gasteiger partial charge in [0.15, 0.2) is 0 Å². The van der Waals surface area contributed by atoms with Crippen LogP contribution in [-0.2, 0) is 12.8 Å². The molecule has 0 spiro atoms. The van der Waals surface area contributed by atoms with Crippen molar-refractivity contribution in [3.63, 3.8) is 0 Å². The van der Waals surface area contributed by atoms with Crippen molar-refractivity contribution >= 4 is 0 Å². The molecule has 15 heavy (non-hydrogen) atoms. The summed E-state index contributed by atoms with van der Waals surface area (Å²) in [4.78, 5) is 0. The first-order chi connectivity index (χ1) is 7.42. The minimum absolute atomic E-state index is 0.991. The molecule has 0 heterocycles. The third-order valence-electron chi connectivity index (χ3n) is 4.34. The first-order valence-electron chi connectivity index (χ1n) is 6.48. The Morgan fingerprint density at radius 2 is 1.67 bits per heavy atom. The highest BCUT2D eigenvalue weighted by atomic mass is 14.3. The van der Waals surface area contributed by atoms with Gasteiger partial charge in [-0.1, -0.05) is 43.5 Å². The largest absolute Gasteiger partial charge is 0.0620 e. The minimum Gasteiger partial charge on any atom is -0.0620 e. The Morgan fingerprint density at radius 1 is 0.867 bits per heavy atom. The zero-order chi connectivity index (χ0) is 10.1. The van der Waals surface area contributed by atoms with Crippen LogP contribution in [-0.4, -0.2) is 0 Å². The first kappa shape index (κ1) is 9.45. The van der Waals surface area contributed by atoms with E-state index in [0.29, 0.717) is 0 Å². The van der Waals surface area contributed by atoms with Gasteiger partial charge in [-0.05, 0) is 48.6 Å². The Bertz CT molecular complexity index is 340. The van der Waals surface area contributed by atoms with Crippen LogP contribution in [0.4, 0.5) is 0 Å². The van der Waals surface area contributed by atoms with Crippen LogP contribution in [0.1, 0.15) is 43.2 Å². The summed E-state index contributed by atoms with van der Waals surface area (Å²) in [5.74, 6) is 2.03. The number of fused-ring (bicyclic) bond motifs is 3. The Labute approximate surface area is 92.7 Å². The second kappa shape index (κ2) is 4.00. The summed E-state index contributed by atoms with van der Waals surface area (Å²) in [6.45, 7) is 0. The molecule has 0 amide bonds. The molecule has 0 nitrogen and oxygen atoms in total. The fourth-order valence-corrected chi connectivity index (χ4v) is 3.52. The van der Waals surface area contributed by atoms with Crippen LogP contribution >= 0.6 is 0 Å². The van der Waals surface area contributed by atoms with Crippen LogP contribution in [0.5, 0.6) is 0 Å². The van der Waals surface area contributed by atoms with Crippen LogP contribution in [0.2, 0.25) is 0 Å². The van der Waals surface area contributed by atoms with Crippen molar-refractivity contribution < 1.29 is 0 Å². The van der Waals surface area contributed by atoms with E-state index in [1.807, 2.05) is 0 Å². The summed E-state index contributed by atoms with van der Waals surface area (Å²) in [5.41, 5.74) is 3.27. The molecule has 0 N–H and O–H groups in total. The van der Waals surface area contributed by atoms with Gasteiger partial charge in [0.1, 0.15) is 0 Å². The van der Waals surface area contributed by atoms with Crippen LogP contribution in [0.3, 0.4) is 0 Å². The average Bonchev–Trinajstić information content (AvgIpc) is 2.27. The molecule has 0 aromatic heterocycles. The summed E-state index contributed by atoms with van der Waals surface area (Å²) in [6, 6.07) is 9.11. The van der Waals surface area contributed by atoms with E-state index in [1.54, 1.807) is 11.1 Å². The smallest absolute Gasteiger partial charge is 0.0248 e. The quantitative estimate of drug-likeness (QED) is 0.594. The van der Waals surface area contributed by atoms with Gasteiger partial charge in [-0.3, -0.25) is 0 Å². The zero-order valence-corrected chi connectivity index (χ0v) is 9.41. The predicted molar refractivity (Wildman–Crippen MR) is 63.9 cm³/mol. The van der Waals surface area contributed by atoms with Crippen molar-refractivity contribution in [3.8, 4) is 0 Å². The molecule has 1 saturated carbocycles. The molecule has 0 aliphatic heterocycles. The maximum absolute atomic E-state index is 2.35. The lowest BCUT2D eigenvalue weighted by Gasteiger charge is -2.32. The van der Waals surface area contributed by atoms with Gasteiger partial charge < -0.3 is 0 Å². The molecule has 3 rings (SSSR count). The Kier molecular flexibility index (Phi) is 2.52. The van der Waals surface area contributed by atoms with E-state index in [1.165, 1.54) is 44.9 Å². The topological polar surface area (TPSA) is 0 Å². The zero-order valence-electron chi connectivity index (χ0n) is 9.41. The monoisotopic (exact) mass is 200 g/mol. The SMILES string of the molecule is c1ccc2c(c1)CCC1CCCC(C2)C1. The van der Waals surface area contributed by atoms with Crippen LogP contribution in [0, 0.1) is 11.8 Å². The van der Waals surface area contributed by atoms with Crippen molar-refractivity contribution in [2.45, 2.75) is 44.9 Å². The summed E-state index contributed by atoms with van der Waals surface area (Å²) in [7, 11) is 0. The van der Waals surface area contributed by atoms with Crippen molar-refractivity contribution in [2.75, 3.05) is 0 Å². The average molecular weight is 200 g/mol. The maximum atomic E-state index is 2.35. The molecule has 1 fully saturated rings. The van der Waals surface area contributed by atoms with Gasteiger partial charge in [0.2, 0.25) is 0 Å². The lowest BCUT2D eigenvalue weighted by Crippen LogP contribution is -2.21. The molecule has 2 unspecified atom stereocenters. The van der Waals surface area contributed by atoms with E-state index in [4.69, 9.17) is 0 Å². The van der Waals surface area contributed by atoms with E-state index in [2.05, 4.69) is 24.3 Å². The van der Waals surface area contributed by atoms with E-state index < -0.39 is 0 Å². The molecule has 1 aromatic carbocycles. The van der Waals surface area contributed by atoms with Crippen molar-refractivity contribution in [3.05, 3.63) is 35.4 Å².